The van der Waals surface area contributed by atoms with E-state index in [-0.39, 0.29) is 11.9 Å². The average Bonchev–Trinajstić information content (AvgIpc) is 2.41. The van der Waals surface area contributed by atoms with E-state index in [9.17, 15) is 13.2 Å². The van der Waals surface area contributed by atoms with Crippen molar-refractivity contribution in [3.8, 4) is 0 Å². The molecule has 2 atom stereocenters. The minimum Gasteiger partial charge on any atom is -0.352 e. The minimum absolute atomic E-state index is 0.0103. The molecular weight excluding hydrogens is 300 g/mol. The molecule has 0 unspecified atom stereocenters. The smallest absolute Gasteiger partial charge is 0.243 e. The molecule has 0 spiro atoms. The Hall–Kier alpha value is -1.56. The van der Waals surface area contributed by atoms with E-state index in [0.29, 0.717) is 5.69 Å². The highest BCUT2D eigenvalue weighted by molar-refractivity contribution is 7.92. The second-order valence-electron chi connectivity index (χ2n) is 5.82. The standard InChI is InChI=1S/C16H26N2O3S/c1-7-13(4)17-16(19)14(5)18(22(6,20)21)15-9-8-11(2)12(3)10-15/h8-10,13-14H,7H2,1-6H3,(H,17,19)/t13-,14-/m0/s1. The highest BCUT2D eigenvalue weighted by atomic mass is 32.2. The number of hydrogen-bond donors (Lipinski definition) is 1. The van der Waals surface area contributed by atoms with Crippen LogP contribution in [0.3, 0.4) is 0 Å². The topological polar surface area (TPSA) is 66.5 Å². The van der Waals surface area contributed by atoms with Crippen molar-refractivity contribution in [2.24, 2.45) is 0 Å². The second kappa shape index (κ2) is 7.13. The number of hydrogen-bond acceptors (Lipinski definition) is 3. The quantitative estimate of drug-likeness (QED) is 0.873. The maximum absolute atomic E-state index is 12.3. The summed E-state index contributed by atoms with van der Waals surface area (Å²) in [5.41, 5.74) is 2.58. The Morgan fingerprint density at radius 3 is 2.27 bits per heavy atom. The van der Waals surface area contributed by atoms with Crippen LogP contribution in [0.15, 0.2) is 18.2 Å². The zero-order valence-corrected chi connectivity index (χ0v) is 15.0. The Labute approximate surface area is 133 Å². The van der Waals surface area contributed by atoms with Gasteiger partial charge in [0.1, 0.15) is 6.04 Å². The number of amides is 1. The van der Waals surface area contributed by atoms with Gasteiger partial charge in [-0.05, 0) is 57.4 Å². The lowest BCUT2D eigenvalue weighted by Gasteiger charge is -2.29. The number of carbonyl (C=O) groups is 1. The van der Waals surface area contributed by atoms with Crippen molar-refractivity contribution in [3.05, 3.63) is 29.3 Å². The van der Waals surface area contributed by atoms with Gasteiger partial charge in [0.05, 0.1) is 11.9 Å². The summed E-state index contributed by atoms with van der Waals surface area (Å²) >= 11 is 0. The van der Waals surface area contributed by atoms with Crippen molar-refractivity contribution in [1.82, 2.24) is 5.32 Å². The number of sulfonamides is 1. The maximum Gasteiger partial charge on any atom is 0.243 e. The number of anilines is 1. The van der Waals surface area contributed by atoms with Crippen molar-refractivity contribution >= 4 is 21.6 Å². The number of benzene rings is 1. The van der Waals surface area contributed by atoms with Gasteiger partial charge in [-0.3, -0.25) is 9.10 Å². The molecule has 0 aromatic heterocycles. The second-order valence-corrected chi connectivity index (χ2v) is 7.68. The number of aryl methyl sites for hydroxylation is 2. The summed E-state index contributed by atoms with van der Waals surface area (Å²) in [4.78, 5) is 12.3. The summed E-state index contributed by atoms with van der Waals surface area (Å²) < 4.78 is 25.5. The van der Waals surface area contributed by atoms with Gasteiger partial charge in [0.15, 0.2) is 0 Å². The molecule has 124 valence electrons. The van der Waals surface area contributed by atoms with Gasteiger partial charge in [0, 0.05) is 6.04 Å². The van der Waals surface area contributed by atoms with E-state index in [1.54, 1.807) is 19.1 Å². The third-order valence-corrected chi connectivity index (χ3v) is 5.08. The van der Waals surface area contributed by atoms with Crippen LogP contribution < -0.4 is 9.62 Å². The lowest BCUT2D eigenvalue weighted by Crippen LogP contribution is -2.49. The van der Waals surface area contributed by atoms with E-state index < -0.39 is 16.1 Å². The predicted molar refractivity (Wildman–Crippen MR) is 90.6 cm³/mol. The van der Waals surface area contributed by atoms with Gasteiger partial charge >= 0.3 is 0 Å². The monoisotopic (exact) mass is 326 g/mol. The molecule has 0 fully saturated rings. The minimum atomic E-state index is -3.56. The Morgan fingerprint density at radius 2 is 1.82 bits per heavy atom. The lowest BCUT2D eigenvalue weighted by molar-refractivity contribution is -0.122. The van der Waals surface area contributed by atoms with Gasteiger partial charge in [0.25, 0.3) is 0 Å². The van der Waals surface area contributed by atoms with Crippen molar-refractivity contribution in [3.63, 3.8) is 0 Å². The molecule has 1 N–H and O–H groups in total. The largest absolute Gasteiger partial charge is 0.352 e. The van der Waals surface area contributed by atoms with Crippen LogP contribution in [0.4, 0.5) is 5.69 Å². The van der Waals surface area contributed by atoms with Gasteiger partial charge < -0.3 is 5.32 Å². The van der Waals surface area contributed by atoms with Gasteiger partial charge in [-0.25, -0.2) is 8.42 Å². The zero-order valence-electron chi connectivity index (χ0n) is 14.2. The van der Waals surface area contributed by atoms with Crippen molar-refractivity contribution in [2.75, 3.05) is 10.6 Å². The molecule has 0 aliphatic heterocycles. The fourth-order valence-corrected chi connectivity index (χ4v) is 3.30. The highest BCUT2D eigenvalue weighted by Gasteiger charge is 2.29. The first-order valence-corrected chi connectivity index (χ1v) is 9.29. The van der Waals surface area contributed by atoms with Crippen LogP contribution in [0.1, 0.15) is 38.3 Å². The number of carbonyl (C=O) groups excluding carboxylic acids is 1. The summed E-state index contributed by atoms with van der Waals surface area (Å²) in [6, 6.07) is 4.60. The van der Waals surface area contributed by atoms with E-state index in [2.05, 4.69) is 5.32 Å². The Balaban J connectivity index is 3.19. The molecule has 0 radical (unpaired) electrons. The SMILES string of the molecule is CC[C@H](C)NC(=O)[C@H](C)N(c1ccc(C)c(C)c1)S(C)(=O)=O. The van der Waals surface area contributed by atoms with Crippen LogP contribution in [0.25, 0.3) is 0 Å². The zero-order chi connectivity index (χ0) is 17.1. The molecule has 1 aromatic rings. The first-order valence-electron chi connectivity index (χ1n) is 7.45. The van der Waals surface area contributed by atoms with E-state index >= 15 is 0 Å². The van der Waals surface area contributed by atoms with Gasteiger partial charge in [-0.15, -0.1) is 0 Å². The van der Waals surface area contributed by atoms with E-state index in [1.165, 1.54) is 4.31 Å². The molecule has 22 heavy (non-hydrogen) atoms. The number of nitrogens with zero attached hydrogens (tertiary/aromatic N) is 1. The summed E-state index contributed by atoms with van der Waals surface area (Å²) in [7, 11) is -3.56. The first kappa shape index (κ1) is 18.5. The molecule has 0 heterocycles. The van der Waals surface area contributed by atoms with Gasteiger partial charge in [-0.1, -0.05) is 13.0 Å². The predicted octanol–water partition coefficient (Wildman–Crippen LogP) is 2.37. The van der Waals surface area contributed by atoms with Crippen LogP contribution in [-0.4, -0.2) is 32.7 Å². The van der Waals surface area contributed by atoms with Crippen molar-refractivity contribution < 1.29 is 13.2 Å². The third-order valence-electron chi connectivity index (χ3n) is 3.83. The molecule has 0 aliphatic carbocycles. The molecule has 1 amide bonds. The van der Waals surface area contributed by atoms with Gasteiger partial charge in [0.2, 0.25) is 15.9 Å². The Bertz CT molecular complexity index is 641. The normalized spacial score (nSPS) is 14.3. The van der Waals surface area contributed by atoms with Crippen molar-refractivity contribution in [2.45, 2.75) is 53.1 Å². The fraction of sp³-hybridized carbons (Fsp3) is 0.562. The molecule has 0 aliphatic rings. The van der Waals surface area contributed by atoms with E-state index in [0.717, 1.165) is 23.8 Å². The highest BCUT2D eigenvalue weighted by Crippen LogP contribution is 2.23. The molecule has 1 aromatic carbocycles. The summed E-state index contributed by atoms with van der Waals surface area (Å²) in [5.74, 6) is -0.294. The van der Waals surface area contributed by atoms with Crippen LogP contribution >= 0.6 is 0 Å². The molecule has 1 rings (SSSR count). The summed E-state index contributed by atoms with van der Waals surface area (Å²) in [6.45, 7) is 9.35. The lowest BCUT2D eigenvalue weighted by atomic mass is 10.1. The van der Waals surface area contributed by atoms with Gasteiger partial charge in [-0.2, -0.15) is 0 Å². The molecule has 5 nitrogen and oxygen atoms in total. The van der Waals surface area contributed by atoms with E-state index in [4.69, 9.17) is 0 Å². The third kappa shape index (κ3) is 4.47. The molecule has 0 saturated heterocycles. The average molecular weight is 326 g/mol. The molecule has 0 bridgehead atoms. The van der Waals surface area contributed by atoms with E-state index in [1.807, 2.05) is 33.8 Å². The summed E-state index contributed by atoms with van der Waals surface area (Å²) in [6.07, 6.45) is 1.91. The molecular formula is C16H26N2O3S. The van der Waals surface area contributed by atoms with Crippen LogP contribution in [0.5, 0.6) is 0 Å². The van der Waals surface area contributed by atoms with Crippen LogP contribution in [-0.2, 0) is 14.8 Å². The Kier molecular flexibility index (Phi) is 6.00. The van der Waals surface area contributed by atoms with Crippen LogP contribution in [0, 0.1) is 13.8 Å². The fourth-order valence-electron chi connectivity index (χ4n) is 2.14. The van der Waals surface area contributed by atoms with Crippen LogP contribution in [0.2, 0.25) is 0 Å². The van der Waals surface area contributed by atoms with Crippen molar-refractivity contribution in [1.29, 1.82) is 0 Å². The number of nitrogens with one attached hydrogen (secondary N) is 1. The Morgan fingerprint density at radius 1 is 1.23 bits per heavy atom. The number of rotatable bonds is 6. The molecule has 6 heteroatoms. The molecule has 0 saturated carbocycles. The maximum atomic E-state index is 12.3. The first-order chi connectivity index (χ1) is 10.1. The summed E-state index contributed by atoms with van der Waals surface area (Å²) in [5, 5.41) is 2.83.